The number of nitrogens with one attached hydrogen (secondary N) is 2. The molecule has 1 aromatic rings. The molecule has 2 unspecified atom stereocenters. The number of imidazole rings is 1. The molecule has 4 N–H and O–H groups in total. The van der Waals surface area contributed by atoms with Gasteiger partial charge in [0, 0.05) is 24.5 Å². The molecule has 1 aromatic heterocycles. The van der Waals surface area contributed by atoms with Crippen LogP contribution in [-0.4, -0.2) is 22.6 Å². The lowest BCUT2D eigenvalue weighted by Crippen LogP contribution is -2.35. The van der Waals surface area contributed by atoms with E-state index in [1.165, 1.54) is 19.3 Å². The molecule has 1 fully saturated rings. The molecule has 4 nitrogen and oxygen atoms in total. The van der Waals surface area contributed by atoms with Crippen molar-refractivity contribution < 1.29 is 0 Å². The van der Waals surface area contributed by atoms with Gasteiger partial charge in [0.25, 0.3) is 0 Å². The zero-order chi connectivity index (χ0) is 9.80. The van der Waals surface area contributed by atoms with Crippen molar-refractivity contribution >= 4 is 0 Å². The van der Waals surface area contributed by atoms with Crippen molar-refractivity contribution in [3.8, 4) is 0 Å². The van der Waals surface area contributed by atoms with Crippen LogP contribution in [0.25, 0.3) is 0 Å². The number of hydrogen-bond acceptors (Lipinski definition) is 3. The molecule has 1 heterocycles. The molecule has 1 aliphatic carbocycles. The van der Waals surface area contributed by atoms with E-state index in [1.807, 2.05) is 6.20 Å². The third kappa shape index (κ3) is 2.13. The van der Waals surface area contributed by atoms with Crippen molar-refractivity contribution in [2.24, 2.45) is 11.7 Å². The summed E-state index contributed by atoms with van der Waals surface area (Å²) in [4.78, 5) is 7.08. The van der Waals surface area contributed by atoms with Crippen LogP contribution >= 0.6 is 0 Å². The van der Waals surface area contributed by atoms with Crippen molar-refractivity contribution in [2.45, 2.75) is 31.8 Å². The van der Waals surface area contributed by atoms with Crippen LogP contribution in [0.1, 0.15) is 25.0 Å². The third-order valence-electron chi connectivity index (χ3n) is 3.07. The molecule has 0 amide bonds. The minimum absolute atomic E-state index is 0.600. The maximum absolute atomic E-state index is 5.71. The Balaban J connectivity index is 1.80. The fraction of sp³-hybridized carbons (Fsp3) is 0.700. The summed E-state index contributed by atoms with van der Waals surface area (Å²) >= 11 is 0. The smallest absolute Gasteiger partial charge is 0.0922 e. The maximum Gasteiger partial charge on any atom is 0.0922 e. The van der Waals surface area contributed by atoms with Crippen molar-refractivity contribution in [1.29, 1.82) is 0 Å². The van der Waals surface area contributed by atoms with Crippen molar-refractivity contribution in [1.82, 2.24) is 15.3 Å². The topological polar surface area (TPSA) is 66.7 Å². The molecular weight excluding hydrogens is 176 g/mol. The third-order valence-corrected chi connectivity index (χ3v) is 3.07. The Labute approximate surface area is 84.3 Å². The highest BCUT2D eigenvalue weighted by Crippen LogP contribution is 2.24. The van der Waals surface area contributed by atoms with Crippen molar-refractivity contribution in [3.63, 3.8) is 0 Å². The molecule has 14 heavy (non-hydrogen) atoms. The molecule has 0 radical (unpaired) electrons. The standard InChI is InChI=1S/C10H18N4/c11-4-8-2-1-3-10(8)13-6-9-5-12-7-14-9/h5,7-8,10,13H,1-4,6,11H2,(H,12,14). The first-order valence-corrected chi connectivity index (χ1v) is 5.31. The average molecular weight is 194 g/mol. The van der Waals surface area contributed by atoms with Gasteiger partial charge in [0.2, 0.25) is 0 Å². The van der Waals surface area contributed by atoms with Crippen LogP contribution in [0.15, 0.2) is 12.5 Å². The summed E-state index contributed by atoms with van der Waals surface area (Å²) in [6, 6.07) is 0.600. The van der Waals surface area contributed by atoms with Gasteiger partial charge in [-0.05, 0) is 25.3 Å². The zero-order valence-corrected chi connectivity index (χ0v) is 8.37. The Bertz CT molecular complexity index is 257. The van der Waals surface area contributed by atoms with Gasteiger partial charge in [-0.3, -0.25) is 0 Å². The van der Waals surface area contributed by atoms with E-state index in [4.69, 9.17) is 5.73 Å². The predicted molar refractivity (Wildman–Crippen MR) is 55.6 cm³/mol. The normalized spacial score (nSPS) is 26.9. The molecule has 0 saturated heterocycles. The summed E-state index contributed by atoms with van der Waals surface area (Å²) in [5.41, 5.74) is 6.86. The molecule has 4 heteroatoms. The van der Waals surface area contributed by atoms with Gasteiger partial charge in [0.1, 0.15) is 0 Å². The molecular formula is C10H18N4. The molecule has 0 bridgehead atoms. The van der Waals surface area contributed by atoms with E-state index in [1.54, 1.807) is 6.33 Å². The highest BCUT2D eigenvalue weighted by Gasteiger charge is 2.25. The average Bonchev–Trinajstić information content (AvgIpc) is 2.85. The maximum atomic E-state index is 5.71. The first-order chi connectivity index (χ1) is 6.90. The highest BCUT2D eigenvalue weighted by molar-refractivity contribution is 4.95. The number of nitrogens with zero attached hydrogens (tertiary/aromatic N) is 1. The predicted octanol–water partition coefficient (Wildman–Crippen LogP) is 0.627. The largest absolute Gasteiger partial charge is 0.347 e. The van der Waals surface area contributed by atoms with Crippen LogP contribution in [0, 0.1) is 5.92 Å². The summed E-state index contributed by atoms with van der Waals surface area (Å²) in [5.74, 6) is 0.665. The Kier molecular flexibility index (Phi) is 3.16. The lowest BCUT2D eigenvalue weighted by molar-refractivity contribution is 0.405. The second-order valence-corrected chi connectivity index (χ2v) is 3.99. The van der Waals surface area contributed by atoms with Crippen LogP contribution in [0.2, 0.25) is 0 Å². The van der Waals surface area contributed by atoms with Crippen molar-refractivity contribution in [3.05, 3.63) is 18.2 Å². The molecule has 0 spiro atoms. The molecule has 1 aliphatic rings. The molecule has 2 atom stereocenters. The summed E-state index contributed by atoms with van der Waals surface area (Å²) in [5, 5.41) is 3.53. The van der Waals surface area contributed by atoms with Gasteiger partial charge < -0.3 is 16.0 Å². The van der Waals surface area contributed by atoms with Gasteiger partial charge in [0.15, 0.2) is 0 Å². The van der Waals surface area contributed by atoms with Crippen LogP contribution in [-0.2, 0) is 6.54 Å². The lowest BCUT2D eigenvalue weighted by Gasteiger charge is -2.18. The summed E-state index contributed by atoms with van der Waals surface area (Å²) < 4.78 is 0. The quantitative estimate of drug-likeness (QED) is 0.658. The van der Waals surface area contributed by atoms with E-state index in [2.05, 4.69) is 15.3 Å². The Morgan fingerprint density at radius 3 is 3.21 bits per heavy atom. The molecule has 2 rings (SSSR count). The fourth-order valence-corrected chi connectivity index (χ4v) is 2.21. The monoisotopic (exact) mass is 194 g/mol. The minimum atomic E-state index is 0.600. The zero-order valence-electron chi connectivity index (χ0n) is 8.37. The van der Waals surface area contributed by atoms with Gasteiger partial charge in [0.05, 0.1) is 6.33 Å². The number of H-pyrrole nitrogens is 1. The van der Waals surface area contributed by atoms with Crippen LogP contribution in [0.3, 0.4) is 0 Å². The Hall–Kier alpha value is -0.870. The van der Waals surface area contributed by atoms with E-state index in [0.29, 0.717) is 12.0 Å². The van der Waals surface area contributed by atoms with Gasteiger partial charge in [-0.25, -0.2) is 4.98 Å². The molecule has 1 saturated carbocycles. The van der Waals surface area contributed by atoms with Gasteiger partial charge in [-0.15, -0.1) is 0 Å². The first-order valence-electron chi connectivity index (χ1n) is 5.31. The second kappa shape index (κ2) is 4.57. The summed E-state index contributed by atoms with van der Waals surface area (Å²) in [6.45, 7) is 1.68. The number of hydrogen-bond donors (Lipinski definition) is 3. The Morgan fingerprint density at radius 1 is 1.57 bits per heavy atom. The molecule has 0 aromatic carbocycles. The van der Waals surface area contributed by atoms with Crippen LogP contribution < -0.4 is 11.1 Å². The van der Waals surface area contributed by atoms with Gasteiger partial charge >= 0.3 is 0 Å². The minimum Gasteiger partial charge on any atom is -0.347 e. The summed E-state index contributed by atoms with van der Waals surface area (Å²) in [6.07, 6.45) is 7.42. The van der Waals surface area contributed by atoms with E-state index >= 15 is 0 Å². The number of aromatic amines is 1. The Morgan fingerprint density at radius 2 is 2.50 bits per heavy atom. The highest BCUT2D eigenvalue weighted by atomic mass is 15.0. The number of aromatic nitrogens is 2. The van der Waals surface area contributed by atoms with Crippen molar-refractivity contribution in [2.75, 3.05) is 6.54 Å². The fourth-order valence-electron chi connectivity index (χ4n) is 2.21. The molecule has 78 valence electrons. The van der Waals surface area contributed by atoms with Gasteiger partial charge in [-0.1, -0.05) is 6.42 Å². The van der Waals surface area contributed by atoms with E-state index in [9.17, 15) is 0 Å². The number of nitrogens with two attached hydrogens (primary N) is 1. The van der Waals surface area contributed by atoms with Crippen LogP contribution in [0.5, 0.6) is 0 Å². The first kappa shape index (κ1) is 9.68. The van der Waals surface area contributed by atoms with Gasteiger partial charge in [-0.2, -0.15) is 0 Å². The van der Waals surface area contributed by atoms with E-state index < -0.39 is 0 Å². The summed E-state index contributed by atoms with van der Waals surface area (Å²) in [7, 11) is 0. The van der Waals surface area contributed by atoms with E-state index in [0.717, 1.165) is 18.8 Å². The molecule has 0 aliphatic heterocycles. The van der Waals surface area contributed by atoms with Crippen LogP contribution in [0.4, 0.5) is 0 Å². The second-order valence-electron chi connectivity index (χ2n) is 3.99. The SMILES string of the molecule is NCC1CCCC1NCc1cnc[nH]1. The van der Waals surface area contributed by atoms with E-state index in [-0.39, 0.29) is 0 Å². The number of rotatable bonds is 4. The lowest BCUT2D eigenvalue weighted by atomic mass is 10.0.